The fourth-order valence-corrected chi connectivity index (χ4v) is 3.11. The fraction of sp³-hybridized carbons (Fsp3) is 0.375. The van der Waals surface area contributed by atoms with Crippen molar-refractivity contribution in [1.82, 2.24) is 20.3 Å². The van der Waals surface area contributed by atoms with E-state index in [1.165, 1.54) is 18.5 Å². The second kappa shape index (κ2) is 8.63. The fourth-order valence-electron chi connectivity index (χ4n) is 2.11. The van der Waals surface area contributed by atoms with E-state index >= 15 is 0 Å². The first-order valence-electron chi connectivity index (χ1n) is 7.85. The van der Waals surface area contributed by atoms with E-state index in [-0.39, 0.29) is 17.5 Å². The Labute approximate surface area is 147 Å². The summed E-state index contributed by atoms with van der Waals surface area (Å²) in [6.07, 6.45) is 2.83. The molecule has 0 aromatic carbocycles. The Morgan fingerprint density at radius 2 is 2.12 bits per heavy atom. The van der Waals surface area contributed by atoms with Gasteiger partial charge in [-0.15, -0.1) is 0 Å². The Hall–Kier alpha value is -2.39. The average molecular weight is 365 g/mol. The molecule has 1 atom stereocenters. The summed E-state index contributed by atoms with van der Waals surface area (Å²) in [5, 5.41) is 6.24. The highest BCUT2D eigenvalue weighted by atomic mass is 32.2. The maximum absolute atomic E-state index is 12.1. The molecule has 136 valence electrons. The van der Waals surface area contributed by atoms with Gasteiger partial charge in [0.15, 0.2) is 5.96 Å². The van der Waals surface area contributed by atoms with Crippen molar-refractivity contribution >= 4 is 16.0 Å². The van der Waals surface area contributed by atoms with Crippen LogP contribution in [0.5, 0.6) is 0 Å². The van der Waals surface area contributed by atoms with Crippen LogP contribution in [0, 0.1) is 6.92 Å². The van der Waals surface area contributed by atoms with Crippen LogP contribution in [-0.2, 0) is 10.0 Å². The van der Waals surface area contributed by atoms with Gasteiger partial charge < -0.3 is 15.1 Å². The first kappa shape index (κ1) is 18.9. The molecule has 2 aromatic rings. The van der Waals surface area contributed by atoms with E-state index < -0.39 is 10.0 Å². The minimum atomic E-state index is -3.56. The highest BCUT2D eigenvalue weighted by Gasteiger charge is 2.14. The quantitative estimate of drug-likeness (QED) is 0.386. The minimum Gasteiger partial charge on any atom is -0.464 e. The van der Waals surface area contributed by atoms with Crippen LogP contribution in [-0.4, -0.2) is 39.5 Å². The second-order valence-electron chi connectivity index (χ2n) is 5.40. The smallest absolute Gasteiger partial charge is 0.242 e. The predicted octanol–water partition coefficient (Wildman–Crippen LogP) is 1.19. The number of pyridine rings is 1. The summed E-state index contributed by atoms with van der Waals surface area (Å²) in [5.41, 5.74) is 0. The lowest BCUT2D eigenvalue weighted by Gasteiger charge is -2.16. The number of guanidine groups is 1. The van der Waals surface area contributed by atoms with E-state index in [0.717, 1.165) is 11.5 Å². The Kier molecular flexibility index (Phi) is 6.54. The molecule has 8 nitrogen and oxygen atoms in total. The Morgan fingerprint density at radius 3 is 2.72 bits per heavy atom. The van der Waals surface area contributed by atoms with Crippen LogP contribution in [0.1, 0.15) is 24.5 Å². The molecular weight excluding hydrogens is 342 g/mol. The van der Waals surface area contributed by atoms with E-state index in [1.54, 1.807) is 13.1 Å². The lowest BCUT2D eigenvalue weighted by Crippen LogP contribution is -2.42. The van der Waals surface area contributed by atoms with E-state index in [0.29, 0.717) is 12.5 Å². The maximum atomic E-state index is 12.1. The van der Waals surface area contributed by atoms with Crippen LogP contribution in [0.3, 0.4) is 0 Å². The molecular formula is C16H23N5O3S. The maximum Gasteiger partial charge on any atom is 0.242 e. The van der Waals surface area contributed by atoms with Gasteiger partial charge in [-0.25, -0.2) is 13.1 Å². The highest BCUT2D eigenvalue weighted by molar-refractivity contribution is 7.89. The van der Waals surface area contributed by atoms with Crippen molar-refractivity contribution in [2.45, 2.75) is 24.8 Å². The van der Waals surface area contributed by atoms with Gasteiger partial charge in [0.25, 0.3) is 0 Å². The van der Waals surface area contributed by atoms with E-state index in [2.05, 4.69) is 25.3 Å². The third kappa shape index (κ3) is 5.57. The molecule has 1 unspecified atom stereocenters. The van der Waals surface area contributed by atoms with Crippen molar-refractivity contribution in [3.63, 3.8) is 0 Å². The molecule has 9 heteroatoms. The van der Waals surface area contributed by atoms with Crippen molar-refractivity contribution < 1.29 is 12.8 Å². The van der Waals surface area contributed by atoms with Gasteiger partial charge in [0, 0.05) is 32.5 Å². The van der Waals surface area contributed by atoms with Crippen LogP contribution in [0.2, 0.25) is 0 Å². The Balaban J connectivity index is 1.80. The van der Waals surface area contributed by atoms with Crippen molar-refractivity contribution in [3.05, 3.63) is 48.2 Å². The molecule has 0 fully saturated rings. The zero-order chi connectivity index (χ0) is 18.3. The first-order chi connectivity index (χ1) is 11.9. The highest BCUT2D eigenvalue weighted by Crippen LogP contribution is 2.15. The zero-order valence-electron chi connectivity index (χ0n) is 14.5. The summed E-state index contributed by atoms with van der Waals surface area (Å²) in [6.45, 7) is 4.43. The molecule has 0 spiro atoms. The molecule has 25 heavy (non-hydrogen) atoms. The van der Waals surface area contributed by atoms with Gasteiger partial charge in [0.2, 0.25) is 10.0 Å². The number of sulfonamides is 1. The number of rotatable bonds is 7. The molecule has 2 aromatic heterocycles. The summed E-state index contributed by atoms with van der Waals surface area (Å²) in [7, 11) is -1.91. The van der Waals surface area contributed by atoms with Crippen LogP contribution in [0.15, 0.2) is 51.0 Å². The van der Waals surface area contributed by atoms with Gasteiger partial charge in [-0.3, -0.25) is 9.98 Å². The summed E-state index contributed by atoms with van der Waals surface area (Å²) < 4.78 is 32.2. The van der Waals surface area contributed by atoms with Gasteiger partial charge in [0.1, 0.15) is 16.4 Å². The number of aliphatic imine (C=N–C) groups is 1. The molecule has 0 saturated carbocycles. The first-order valence-corrected chi connectivity index (χ1v) is 9.34. The minimum absolute atomic E-state index is 0.0630. The SMILES string of the molecule is CN=C(NCCNS(=O)(=O)c1cccnc1)NC(C)c1ccc(C)o1. The van der Waals surface area contributed by atoms with Crippen molar-refractivity contribution in [1.29, 1.82) is 0 Å². The number of aromatic nitrogens is 1. The van der Waals surface area contributed by atoms with Gasteiger partial charge in [-0.2, -0.15) is 0 Å². The molecule has 3 N–H and O–H groups in total. The van der Waals surface area contributed by atoms with Gasteiger partial charge in [0.05, 0.1) is 6.04 Å². The number of aryl methyl sites for hydroxylation is 1. The van der Waals surface area contributed by atoms with Crippen molar-refractivity contribution in [3.8, 4) is 0 Å². The number of nitrogens with zero attached hydrogens (tertiary/aromatic N) is 2. The second-order valence-corrected chi connectivity index (χ2v) is 7.17. The number of nitrogens with one attached hydrogen (secondary N) is 3. The van der Waals surface area contributed by atoms with E-state index in [4.69, 9.17) is 4.42 Å². The summed E-state index contributed by atoms with van der Waals surface area (Å²) in [4.78, 5) is 8.07. The monoisotopic (exact) mass is 365 g/mol. The van der Waals surface area contributed by atoms with Crippen LogP contribution in [0.4, 0.5) is 0 Å². The van der Waals surface area contributed by atoms with E-state index in [1.807, 2.05) is 26.0 Å². The Morgan fingerprint density at radius 1 is 1.32 bits per heavy atom. The molecule has 0 amide bonds. The summed E-state index contributed by atoms with van der Waals surface area (Å²) in [6, 6.07) is 6.82. The largest absolute Gasteiger partial charge is 0.464 e. The van der Waals surface area contributed by atoms with E-state index in [9.17, 15) is 8.42 Å². The number of furan rings is 1. The third-order valence-corrected chi connectivity index (χ3v) is 4.87. The molecule has 0 aliphatic heterocycles. The van der Waals surface area contributed by atoms with Gasteiger partial charge >= 0.3 is 0 Å². The normalized spacial score (nSPS) is 13.5. The van der Waals surface area contributed by atoms with Gasteiger partial charge in [-0.05, 0) is 38.1 Å². The molecule has 0 aliphatic carbocycles. The van der Waals surface area contributed by atoms with Crippen LogP contribution < -0.4 is 15.4 Å². The number of hydrogen-bond acceptors (Lipinski definition) is 5. The molecule has 0 bridgehead atoms. The molecule has 0 saturated heterocycles. The summed E-state index contributed by atoms with van der Waals surface area (Å²) >= 11 is 0. The predicted molar refractivity (Wildman–Crippen MR) is 95.8 cm³/mol. The summed E-state index contributed by atoms with van der Waals surface area (Å²) in [5.74, 6) is 2.20. The van der Waals surface area contributed by atoms with Crippen LogP contribution in [0.25, 0.3) is 0 Å². The van der Waals surface area contributed by atoms with Gasteiger partial charge in [-0.1, -0.05) is 0 Å². The standard InChI is InChI=1S/C16H23N5O3S/c1-12-6-7-15(24-12)13(2)21-16(17-3)19-9-10-20-25(22,23)14-5-4-8-18-11-14/h4-8,11,13,20H,9-10H2,1-3H3,(H2,17,19,21). The molecule has 0 aliphatic rings. The lowest BCUT2D eigenvalue weighted by molar-refractivity contribution is 0.441. The Bertz CT molecular complexity index is 802. The molecule has 2 heterocycles. The number of hydrogen-bond donors (Lipinski definition) is 3. The average Bonchev–Trinajstić information content (AvgIpc) is 3.05. The zero-order valence-corrected chi connectivity index (χ0v) is 15.3. The third-order valence-electron chi connectivity index (χ3n) is 3.42. The topological polar surface area (TPSA) is 109 Å². The van der Waals surface area contributed by atoms with Crippen LogP contribution >= 0.6 is 0 Å². The lowest BCUT2D eigenvalue weighted by atomic mass is 10.2. The molecule has 0 radical (unpaired) electrons. The van der Waals surface area contributed by atoms with Crippen molar-refractivity contribution in [2.75, 3.05) is 20.1 Å². The molecule has 2 rings (SSSR count). The van der Waals surface area contributed by atoms with Crippen molar-refractivity contribution in [2.24, 2.45) is 4.99 Å².